The zero-order valence-electron chi connectivity index (χ0n) is 12.0. The van der Waals surface area contributed by atoms with E-state index < -0.39 is 0 Å². The lowest BCUT2D eigenvalue weighted by Crippen LogP contribution is -2.23. The molecule has 0 spiro atoms. The zero-order chi connectivity index (χ0) is 12.8. The minimum absolute atomic E-state index is 0.605. The van der Waals surface area contributed by atoms with Gasteiger partial charge in [-0.1, -0.05) is 20.3 Å². The summed E-state index contributed by atoms with van der Waals surface area (Å²) in [5, 5.41) is 8.00. The van der Waals surface area contributed by atoms with E-state index in [1.54, 1.807) is 0 Å². The maximum Gasteiger partial charge on any atom is 0.0625 e. The predicted octanol–water partition coefficient (Wildman–Crippen LogP) is 2.98. The quantitative estimate of drug-likeness (QED) is 0.739. The Bertz CT molecular complexity index is 339. The minimum atomic E-state index is 0.605. The van der Waals surface area contributed by atoms with Gasteiger partial charge in [0.15, 0.2) is 0 Å². The van der Waals surface area contributed by atoms with E-state index in [0.29, 0.717) is 6.04 Å². The molecule has 98 valence electrons. The fourth-order valence-electron chi connectivity index (χ4n) is 1.96. The molecular formula is C14H27N3. The SMILES string of the molecule is Cc1nn(CCCCCNC(C)C)c(C)c1C. The highest BCUT2D eigenvalue weighted by molar-refractivity contribution is 5.21. The number of nitrogens with zero attached hydrogens (tertiary/aromatic N) is 2. The summed E-state index contributed by atoms with van der Waals surface area (Å²) in [7, 11) is 0. The summed E-state index contributed by atoms with van der Waals surface area (Å²) in [5.41, 5.74) is 3.83. The van der Waals surface area contributed by atoms with Crippen LogP contribution < -0.4 is 5.32 Å². The van der Waals surface area contributed by atoms with E-state index in [1.165, 1.54) is 36.2 Å². The van der Waals surface area contributed by atoms with Crippen molar-refractivity contribution in [2.75, 3.05) is 6.54 Å². The molecule has 3 nitrogen and oxygen atoms in total. The molecule has 3 heteroatoms. The molecule has 0 bridgehead atoms. The van der Waals surface area contributed by atoms with Crippen LogP contribution in [0.5, 0.6) is 0 Å². The van der Waals surface area contributed by atoms with Crippen LogP contribution in [-0.4, -0.2) is 22.4 Å². The molecule has 0 amide bonds. The fourth-order valence-corrected chi connectivity index (χ4v) is 1.96. The molecule has 1 aromatic heterocycles. The molecule has 0 unspecified atom stereocenters. The molecule has 0 fully saturated rings. The molecule has 0 saturated carbocycles. The van der Waals surface area contributed by atoms with Gasteiger partial charge >= 0.3 is 0 Å². The first kappa shape index (κ1) is 14.2. The summed E-state index contributed by atoms with van der Waals surface area (Å²) in [4.78, 5) is 0. The third-order valence-electron chi connectivity index (χ3n) is 3.34. The average molecular weight is 237 g/mol. The molecular weight excluding hydrogens is 210 g/mol. The molecule has 0 saturated heterocycles. The zero-order valence-corrected chi connectivity index (χ0v) is 12.0. The lowest BCUT2D eigenvalue weighted by atomic mass is 10.2. The van der Waals surface area contributed by atoms with Crippen LogP contribution in [0.4, 0.5) is 0 Å². The highest BCUT2D eigenvalue weighted by atomic mass is 15.3. The first-order valence-corrected chi connectivity index (χ1v) is 6.76. The van der Waals surface area contributed by atoms with Crippen LogP contribution in [0.15, 0.2) is 0 Å². The van der Waals surface area contributed by atoms with Crippen LogP contribution in [-0.2, 0) is 6.54 Å². The number of unbranched alkanes of at least 4 members (excludes halogenated alkanes) is 2. The van der Waals surface area contributed by atoms with Crippen LogP contribution in [0.3, 0.4) is 0 Å². The van der Waals surface area contributed by atoms with Crippen molar-refractivity contribution in [1.82, 2.24) is 15.1 Å². The van der Waals surface area contributed by atoms with Crippen molar-refractivity contribution in [3.63, 3.8) is 0 Å². The van der Waals surface area contributed by atoms with Gasteiger partial charge < -0.3 is 5.32 Å². The van der Waals surface area contributed by atoms with E-state index in [4.69, 9.17) is 0 Å². The summed E-state index contributed by atoms with van der Waals surface area (Å²) in [6.45, 7) is 13.0. The van der Waals surface area contributed by atoms with E-state index in [1.807, 2.05) is 0 Å². The molecule has 1 N–H and O–H groups in total. The number of hydrogen-bond donors (Lipinski definition) is 1. The van der Waals surface area contributed by atoms with Gasteiger partial charge in [-0.25, -0.2) is 0 Å². The standard InChI is InChI=1S/C14H27N3/c1-11(2)15-9-7-6-8-10-17-14(5)12(3)13(4)16-17/h11,15H,6-10H2,1-5H3. The maximum absolute atomic E-state index is 4.56. The Hall–Kier alpha value is -0.830. The molecule has 17 heavy (non-hydrogen) atoms. The van der Waals surface area contributed by atoms with E-state index in [9.17, 15) is 0 Å². The lowest BCUT2D eigenvalue weighted by molar-refractivity contribution is 0.505. The smallest absolute Gasteiger partial charge is 0.0625 e. The van der Waals surface area contributed by atoms with Crippen molar-refractivity contribution < 1.29 is 0 Å². The highest BCUT2D eigenvalue weighted by Crippen LogP contribution is 2.11. The van der Waals surface area contributed by atoms with Crippen LogP contribution in [0, 0.1) is 20.8 Å². The molecule has 0 aromatic carbocycles. The summed E-state index contributed by atoms with van der Waals surface area (Å²) in [6.07, 6.45) is 3.76. The number of aryl methyl sites for hydroxylation is 2. The number of rotatable bonds is 7. The van der Waals surface area contributed by atoms with Gasteiger partial charge in [-0.15, -0.1) is 0 Å². The van der Waals surface area contributed by atoms with Crippen LogP contribution in [0.2, 0.25) is 0 Å². The van der Waals surface area contributed by atoms with Gasteiger partial charge in [-0.05, 0) is 45.7 Å². The Labute approximate surface area is 106 Å². The molecule has 1 aromatic rings. The van der Waals surface area contributed by atoms with E-state index in [0.717, 1.165) is 13.1 Å². The first-order chi connectivity index (χ1) is 8.02. The van der Waals surface area contributed by atoms with Gasteiger partial charge in [0.25, 0.3) is 0 Å². The predicted molar refractivity (Wildman–Crippen MR) is 73.4 cm³/mol. The number of nitrogens with one attached hydrogen (secondary N) is 1. The third-order valence-corrected chi connectivity index (χ3v) is 3.34. The summed E-state index contributed by atoms with van der Waals surface area (Å²) < 4.78 is 2.15. The maximum atomic E-state index is 4.56. The van der Waals surface area contributed by atoms with E-state index in [-0.39, 0.29) is 0 Å². The monoisotopic (exact) mass is 237 g/mol. The molecule has 0 aliphatic rings. The van der Waals surface area contributed by atoms with Crippen LogP contribution in [0.25, 0.3) is 0 Å². The first-order valence-electron chi connectivity index (χ1n) is 6.76. The second-order valence-corrected chi connectivity index (χ2v) is 5.19. The summed E-state index contributed by atoms with van der Waals surface area (Å²) in [5.74, 6) is 0. The molecule has 1 rings (SSSR count). The van der Waals surface area contributed by atoms with Gasteiger partial charge in [0.2, 0.25) is 0 Å². The van der Waals surface area contributed by atoms with Gasteiger partial charge in [0.05, 0.1) is 5.69 Å². The summed E-state index contributed by atoms with van der Waals surface area (Å²) in [6, 6.07) is 0.605. The molecule has 0 aliphatic carbocycles. The average Bonchev–Trinajstić information content (AvgIpc) is 2.51. The van der Waals surface area contributed by atoms with Crippen molar-refractivity contribution in [2.24, 2.45) is 0 Å². The van der Waals surface area contributed by atoms with Crippen molar-refractivity contribution >= 4 is 0 Å². The van der Waals surface area contributed by atoms with Crippen molar-refractivity contribution in [3.8, 4) is 0 Å². The van der Waals surface area contributed by atoms with Crippen molar-refractivity contribution in [3.05, 3.63) is 17.0 Å². The highest BCUT2D eigenvalue weighted by Gasteiger charge is 2.06. The van der Waals surface area contributed by atoms with Gasteiger partial charge in [0, 0.05) is 18.3 Å². The molecule has 0 radical (unpaired) electrons. The second-order valence-electron chi connectivity index (χ2n) is 5.19. The Morgan fingerprint density at radius 1 is 1.12 bits per heavy atom. The topological polar surface area (TPSA) is 29.9 Å². The molecule has 0 aliphatic heterocycles. The van der Waals surface area contributed by atoms with Crippen LogP contribution >= 0.6 is 0 Å². The third kappa shape index (κ3) is 4.50. The number of hydrogen-bond acceptors (Lipinski definition) is 2. The van der Waals surface area contributed by atoms with Gasteiger partial charge in [0.1, 0.15) is 0 Å². The normalized spacial score (nSPS) is 11.4. The molecule has 1 heterocycles. The van der Waals surface area contributed by atoms with Gasteiger partial charge in [-0.2, -0.15) is 5.10 Å². The summed E-state index contributed by atoms with van der Waals surface area (Å²) >= 11 is 0. The van der Waals surface area contributed by atoms with Crippen molar-refractivity contribution in [2.45, 2.75) is 66.5 Å². The lowest BCUT2D eigenvalue weighted by Gasteiger charge is -2.08. The molecule has 0 atom stereocenters. The van der Waals surface area contributed by atoms with Crippen LogP contribution in [0.1, 0.15) is 50.1 Å². The number of aromatic nitrogens is 2. The minimum Gasteiger partial charge on any atom is -0.315 e. The second kappa shape index (κ2) is 6.80. The Balaban J connectivity index is 2.20. The Kier molecular flexibility index (Phi) is 5.69. The van der Waals surface area contributed by atoms with Crippen molar-refractivity contribution in [1.29, 1.82) is 0 Å². The van der Waals surface area contributed by atoms with E-state index in [2.05, 4.69) is 49.7 Å². The van der Waals surface area contributed by atoms with Gasteiger partial charge in [-0.3, -0.25) is 4.68 Å². The van der Waals surface area contributed by atoms with E-state index >= 15 is 0 Å². The Morgan fingerprint density at radius 2 is 1.82 bits per heavy atom. The fraction of sp³-hybridized carbons (Fsp3) is 0.786. The Morgan fingerprint density at radius 3 is 2.35 bits per heavy atom. The largest absolute Gasteiger partial charge is 0.315 e.